The summed E-state index contributed by atoms with van der Waals surface area (Å²) in [4.78, 5) is 26.1. The van der Waals surface area contributed by atoms with Crippen LogP contribution < -0.4 is 5.73 Å². The van der Waals surface area contributed by atoms with E-state index in [1.807, 2.05) is 32.0 Å². The van der Waals surface area contributed by atoms with Crippen molar-refractivity contribution >= 4 is 24.1 Å². The third-order valence-electron chi connectivity index (χ3n) is 4.34. The molecule has 2 N–H and O–H groups in total. The number of carbonyl (C=O) groups is 2. The average molecular weight is 355 g/mol. The van der Waals surface area contributed by atoms with Gasteiger partial charge >= 0.3 is 0 Å². The molecule has 1 amide bonds. The number of Topliss-reactive ketones (excluding diaryl/α,β-unsaturated/α-hetero) is 1. The van der Waals surface area contributed by atoms with Crippen molar-refractivity contribution in [2.45, 2.75) is 53.0 Å². The molecule has 1 atom stereocenters. The molecule has 1 aromatic rings. The summed E-state index contributed by atoms with van der Waals surface area (Å²) in [5.74, 6) is 0.441. The van der Waals surface area contributed by atoms with Gasteiger partial charge in [-0.3, -0.25) is 9.59 Å². The van der Waals surface area contributed by atoms with E-state index in [2.05, 4.69) is 13.8 Å². The number of carbonyl (C=O) groups excluding carboxylic acids is 2. The number of rotatable bonds is 8. The number of aryl methyl sites for hydroxylation is 2. The molecule has 0 bridgehead atoms. The van der Waals surface area contributed by atoms with Gasteiger partial charge in [-0.1, -0.05) is 31.5 Å². The number of ketones is 1. The molecule has 0 saturated carbocycles. The molecule has 4 nitrogen and oxygen atoms in total. The van der Waals surface area contributed by atoms with Crippen molar-refractivity contribution in [3.05, 3.63) is 34.9 Å². The molecule has 24 heavy (non-hydrogen) atoms. The second-order valence-corrected chi connectivity index (χ2v) is 6.75. The Morgan fingerprint density at radius 2 is 1.79 bits per heavy atom. The first kappa shape index (κ1) is 22.6. The predicted octanol–water partition coefficient (Wildman–Crippen LogP) is 3.52. The van der Waals surface area contributed by atoms with E-state index in [1.54, 1.807) is 11.9 Å². The molecule has 5 heteroatoms. The highest BCUT2D eigenvalue weighted by atomic mass is 35.5. The summed E-state index contributed by atoms with van der Waals surface area (Å²) in [5.41, 5.74) is 8.75. The maximum atomic E-state index is 12.3. The largest absolute Gasteiger partial charge is 0.346 e. The van der Waals surface area contributed by atoms with Crippen LogP contribution in [0.1, 0.15) is 54.6 Å². The molecule has 136 valence electrons. The lowest BCUT2D eigenvalue weighted by Crippen LogP contribution is -2.34. The highest BCUT2D eigenvalue weighted by Crippen LogP contribution is 2.14. The highest BCUT2D eigenvalue weighted by molar-refractivity contribution is 5.99. The first-order chi connectivity index (χ1) is 10.7. The number of benzene rings is 1. The summed E-state index contributed by atoms with van der Waals surface area (Å²) >= 11 is 0. The monoisotopic (exact) mass is 354 g/mol. The Balaban J connectivity index is 0.00000529. The standard InChI is InChI=1S/C19H30N2O2.ClH/c1-13(2)17(20)10-11-21(5)19(23)9-8-18(22)16-12-14(3)6-7-15(16)4;/h6-7,12-13,17H,8-11,20H2,1-5H3;1H. The van der Waals surface area contributed by atoms with Crippen LogP contribution in [0.2, 0.25) is 0 Å². The second kappa shape index (κ2) is 10.5. The van der Waals surface area contributed by atoms with E-state index in [0.717, 1.165) is 23.1 Å². The van der Waals surface area contributed by atoms with Gasteiger partial charge in [0.2, 0.25) is 5.91 Å². The van der Waals surface area contributed by atoms with Crippen molar-refractivity contribution in [2.24, 2.45) is 11.7 Å². The molecular weight excluding hydrogens is 324 g/mol. The number of hydrogen-bond acceptors (Lipinski definition) is 3. The van der Waals surface area contributed by atoms with Crippen molar-refractivity contribution < 1.29 is 9.59 Å². The van der Waals surface area contributed by atoms with Crippen molar-refractivity contribution in [3.63, 3.8) is 0 Å². The third-order valence-corrected chi connectivity index (χ3v) is 4.34. The van der Waals surface area contributed by atoms with Crippen LogP contribution in [-0.2, 0) is 4.79 Å². The van der Waals surface area contributed by atoms with Crippen LogP contribution in [-0.4, -0.2) is 36.2 Å². The number of hydrogen-bond donors (Lipinski definition) is 1. The fourth-order valence-corrected chi connectivity index (χ4v) is 2.38. The topological polar surface area (TPSA) is 63.4 Å². The molecule has 0 spiro atoms. The van der Waals surface area contributed by atoms with Crippen molar-refractivity contribution in [1.82, 2.24) is 4.90 Å². The predicted molar refractivity (Wildman–Crippen MR) is 102 cm³/mol. The molecule has 1 unspecified atom stereocenters. The SMILES string of the molecule is Cc1ccc(C)c(C(=O)CCC(=O)N(C)CCC(N)C(C)C)c1.Cl. The smallest absolute Gasteiger partial charge is 0.222 e. The number of nitrogens with zero attached hydrogens (tertiary/aromatic N) is 1. The molecule has 0 aliphatic heterocycles. The fraction of sp³-hybridized carbons (Fsp3) is 0.579. The summed E-state index contributed by atoms with van der Waals surface area (Å²) in [6.07, 6.45) is 1.29. The molecule has 0 aliphatic carbocycles. The molecule has 1 rings (SSSR count). The minimum Gasteiger partial charge on any atom is -0.346 e. The van der Waals surface area contributed by atoms with Crippen LogP contribution >= 0.6 is 12.4 Å². The summed E-state index contributed by atoms with van der Waals surface area (Å²) in [6.45, 7) is 8.68. The number of halogens is 1. The van der Waals surface area contributed by atoms with E-state index in [1.165, 1.54) is 0 Å². The minimum absolute atomic E-state index is 0. The zero-order chi connectivity index (χ0) is 17.6. The van der Waals surface area contributed by atoms with Gasteiger partial charge in [0.1, 0.15) is 0 Å². The molecule has 0 heterocycles. The summed E-state index contributed by atoms with van der Waals surface area (Å²) in [7, 11) is 1.78. The van der Waals surface area contributed by atoms with Crippen molar-refractivity contribution in [3.8, 4) is 0 Å². The molecule has 0 aliphatic rings. The van der Waals surface area contributed by atoms with Crippen LogP contribution in [0.5, 0.6) is 0 Å². The van der Waals surface area contributed by atoms with E-state index in [0.29, 0.717) is 12.5 Å². The lowest BCUT2D eigenvalue weighted by atomic mass is 9.99. The van der Waals surface area contributed by atoms with Crippen LogP contribution in [0, 0.1) is 19.8 Å². The Morgan fingerprint density at radius 3 is 2.38 bits per heavy atom. The summed E-state index contributed by atoms with van der Waals surface area (Å²) in [5, 5.41) is 0. The molecule has 1 aromatic carbocycles. The Labute approximate surface area is 152 Å². The van der Waals surface area contributed by atoms with Gasteiger partial charge in [-0.2, -0.15) is 0 Å². The minimum atomic E-state index is -0.000359. The van der Waals surface area contributed by atoms with Crippen LogP contribution in [0.25, 0.3) is 0 Å². The normalized spacial score (nSPS) is 11.8. The van der Waals surface area contributed by atoms with Gasteiger partial charge < -0.3 is 10.6 Å². The Morgan fingerprint density at radius 1 is 1.17 bits per heavy atom. The van der Waals surface area contributed by atoms with Gasteiger partial charge in [-0.15, -0.1) is 12.4 Å². The number of nitrogens with two attached hydrogens (primary N) is 1. The average Bonchev–Trinajstić information content (AvgIpc) is 2.51. The van der Waals surface area contributed by atoms with Gasteiger partial charge in [0.15, 0.2) is 5.78 Å². The van der Waals surface area contributed by atoms with Crippen LogP contribution in [0.4, 0.5) is 0 Å². The zero-order valence-electron chi connectivity index (χ0n) is 15.5. The second-order valence-electron chi connectivity index (χ2n) is 6.75. The quantitative estimate of drug-likeness (QED) is 0.726. The lowest BCUT2D eigenvalue weighted by Gasteiger charge is -2.21. The van der Waals surface area contributed by atoms with Crippen LogP contribution in [0.15, 0.2) is 18.2 Å². The summed E-state index contributed by atoms with van der Waals surface area (Å²) < 4.78 is 0. The molecule has 0 saturated heterocycles. The first-order valence-electron chi connectivity index (χ1n) is 8.32. The maximum Gasteiger partial charge on any atom is 0.222 e. The number of amides is 1. The lowest BCUT2D eigenvalue weighted by molar-refractivity contribution is -0.129. The highest BCUT2D eigenvalue weighted by Gasteiger charge is 2.16. The molecule has 0 fully saturated rings. The van der Waals surface area contributed by atoms with E-state index in [-0.39, 0.29) is 43.0 Å². The van der Waals surface area contributed by atoms with Crippen LogP contribution in [0.3, 0.4) is 0 Å². The van der Waals surface area contributed by atoms with E-state index in [9.17, 15) is 9.59 Å². The molecule has 0 radical (unpaired) electrons. The van der Waals surface area contributed by atoms with E-state index < -0.39 is 0 Å². The molecule has 0 aromatic heterocycles. The van der Waals surface area contributed by atoms with Gasteiger partial charge in [0.25, 0.3) is 0 Å². The van der Waals surface area contributed by atoms with Gasteiger partial charge in [0.05, 0.1) is 0 Å². The fourth-order valence-electron chi connectivity index (χ4n) is 2.38. The molecular formula is C19H31ClN2O2. The van der Waals surface area contributed by atoms with Crippen molar-refractivity contribution in [2.75, 3.05) is 13.6 Å². The Kier molecular flexibility index (Phi) is 9.86. The zero-order valence-corrected chi connectivity index (χ0v) is 16.3. The third kappa shape index (κ3) is 7.02. The summed E-state index contributed by atoms with van der Waals surface area (Å²) in [6, 6.07) is 5.93. The van der Waals surface area contributed by atoms with Crippen molar-refractivity contribution in [1.29, 1.82) is 0 Å². The Bertz CT molecular complexity index is 558. The van der Waals surface area contributed by atoms with E-state index >= 15 is 0 Å². The maximum absolute atomic E-state index is 12.3. The van der Waals surface area contributed by atoms with Gasteiger partial charge in [0, 0.05) is 38.0 Å². The van der Waals surface area contributed by atoms with E-state index in [4.69, 9.17) is 5.73 Å². The van der Waals surface area contributed by atoms with Gasteiger partial charge in [-0.05, 0) is 37.8 Å². The Hall–Kier alpha value is -1.39. The first-order valence-corrected chi connectivity index (χ1v) is 8.32. The van der Waals surface area contributed by atoms with Gasteiger partial charge in [-0.25, -0.2) is 0 Å².